The molecule has 0 bridgehead atoms. The number of nitro groups is 2. The van der Waals surface area contributed by atoms with Gasteiger partial charge in [-0.15, -0.1) is 10.2 Å². The molecule has 0 heterocycles. The van der Waals surface area contributed by atoms with Crippen molar-refractivity contribution in [2.45, 2.75) is 27.7 Å². The molecular formula is C28H29BrN6O8. The van der Waals surface area contributed by atoms with E-state index in [1.165, 1.54) is 13.0 Å². The Hall–Kier alpha value is -5.05. The summed E-state index contributed by atoms with van der Waals surface area (Å²) in [6, 6.07) is 15.1. The van der Waals surface area contributed by atoms with Crippen LogP contribution in [0.3, 0.4) is 0 Å². The van der Waals surface area contributed by atoms with Gasteiger partial charge in [-0.2, -0.15) is 0 Å². The number of benzene rings is 3. The number of anilines is 2. The number of ether oxygens (including phenoxy) is 1. The molecule has 0 atom stereocenters. The first kappa shape index (κ1) is 34.2. The van der Waals surface area contributed by atoms with E-state index in [1.807, 2.05) is 11.8 Å². The summed E-state index contributed by atoms with van der Waals surface area (Å²) in [4.78, 5) is 59.2. The van der Waals surface area contributed by atoms with Crippen LogP contribution in [-0.2, 0) is 14.3 Å². The molecule has 1 amide bonds. The van der Waals surface area contributed by atoms with Gasteiger partial charge in [0.1, 0.15) is 5.69 Å². The quantitative estimate of drug-likeness (QED) is 0.0669. The SMILES string of the molecule is C.CCN(CCC(=O)OCC(=O)c1ccccc1)c1ccc(N=Nc2c(Br)cc([N+](=O)[O-])cc2[N+](=O)[O-])c(NC(C)=O)c1. The van der Waals surface area contributed by atoms with Crippen LogP contribution in [0, 0.1) is 20.2 Å². The number of carbonyl (C=O) groups excluding carboxylic acids is 3. The third-order valence-electron chi connectivity index (χ3n) is 5.78. The number of amides is 1. The van der Waals surface area contributed by atoms with E-state index in [2.05, 4.69) is 31.5 Å². The second-order valence-electron chi connectivity index (χ2n) is 8.67. The molecule has 0 unspecified atom stereocenters. The Labute approximate surface area is 255 Å². The van der Waals surface area contributed by atoms with E-state index in [0.29, 0.717) is 17.8 Å². The maximum atomic E-state index is 12.3. The Kier molecular flexibility index (Phi) is 12.6. The molecule has 43 heavy (non-hydrogen) atoms. The normalized spacial score (nSPS) is 10.5. The van der Waals surface area contributed by atoms with Crippen LogP contribution in [0.1, 0.15) is 38.1 Å². The molecule has 0 fully saturated rings. The van der Waals surface area contributed by atoms with Gasteiger partial charge in [0, 0.05) is 37.3 Å². The minimum atomic E-state index is -0.814. The van der Waals surface area contributed by atoms with E-state index in [1.54, 1.807) is 42.5 Å². The summed E-state index contributed by atoms with van der Waals surface area (Å²) < 4.78 is 5.11. The number of nitro benzene ring substituents is 2. The van der Waals surface area contributed by atoms with Gasteiger partial charge in [0.2, 0.25) is 5.91 Å². The van der Waals surface area contributed by atoms with E-state index < -0.39 is 33.1 Å². The van der Waals surface area contributed by atoms with Gasteiger partial charge in [0.15, 0.2) is 18.1 Å². The molecule has 0 aromatic heterocycles. The average Bonchev–Trinajstić information content (AvgIpc) is 2.95. The summed E-state index contributed by atoms with van der Waals surface area (Å²) in [7, 11) is 0. The van der Waals surface area contributed by atoms with Crippen molar-refractivity contribution in [3.63, 3.8) is 0 Å². The van der Waals surface area contributed by atoms with Crippen molar-refractivity contribution in [2.75, 3.05) is 29.9 Å². The first-order valence-electron chi connectivity index (χ1n) is 12.4. The molecule has 0 radical (unpaired) electrons. The van der Waals surface area contributed by atoms with Gasteiger partial charge >= 0.3 is 11.7 Å². The lowest BCUT2D eigenvalue weighted by Gasteiger charge is -2.23. The van der Waals surface area contributed by atoms with Crippen LogP contribution in [-0.4, -0.2) is 47.2 Å². The molecule has 15 heteroatoms. The van der Waals surface area contributed by atoms with Gasteiger partial charge in [-0.3, -0.25) is 34.6 Å². The number of hydrogen-bond donors (Lipinski definition) is 1. The first-order valence-corrected chi connectivity index (χ1v) is 13.2. The van der Waals surface area contributed by atoms with Crippen LogP contribution in [0.25, 0.3) is 0 Å². The highest BCUT2D eigenvalue weighted by molar-refractivity contribution is 9.10. The molecule has 0 saturated heterocycles. The van der Waals surface area contributed by atoms with E-state index in [9.17, 15) is 34.6 Å². The monoisotopic (exact) mass is 656 g/mol. The molecule has 3 rings (SSSR count). The Morgan fingerprint density at radius 3 is 2.30 bits per heavy atom. The van der Waals surface area contributed by atoms with Crippen molar-refractivity contribution in [3.05, 3.63) is 90.9 Å². The summed E-state index contributed by atoms with van der Waals surface area (Å²) in [5.41, 5.74) is 0.0778. The highest BCUT2D eigenvalue weighted by atomic mass is 79.9. The van der Waals surface area contributed by atoms with Gasteiger partial charge in [0.25, 0.3) is 5.69 Å². The molecule has 0 aliphatic heterocycles. The topological polar surface area (TPSA) is 187 Å². The Balaban J connectivity index is 0.00000645. The summed E-state index contributed by atoms with van der Waals surface area (Å²) in [5.74, 6) is -1.28. The predicted molar refractivity (Wildman–Crippen MR) is 163 cm³/mol. The van der Waals surface area contributed by atoms with Gasteiger partial charge in [-0.25, -0.2) is 0 Å². The average molecular weight is 657 g/mol. The number of rotatable bonds is 13. The Morgan fingerprint density at radius 2 is 1.70 bits per heavy atom. The van der Waals surface area contributed by atoms with E-state index in [0.717, 1.165) is 12.1 Å². The maximum Gasteiger partial charge on any atom is 0.308 e. The minimum absolute atomic E-state index is 0. The second-order valence-corrected chi connectivity index (χ2v) is 9.53. The fourth-order valence-electron chi connectivity index (χ4n) is 3.74. The fraction of sp³-hybridized carbons (Fsp3) is 0.250. The van der Waals surface area contributed by atoms with Gasteiger partial charge < -0.3 is 15.0 Å². The lowest BCUT2D eigenvalue weighted by atomic mass is 10.1. The molecule has 226 valence electrons. The molecule has 0 aliphatic carbocycles. The number of esters is 1. The van der Waals surface area contributed by atoms with Crippen molar-refractivity contribution < 1.29 is 29.0 Å². The van der Waals surface area contributed by atoms with Crippen LogP contribution in [0.2, 0.25) is 0 Å². The lowest BCUT2D eigenvalue weighted by molar-refractivity contribution is -0.393. The highest BCUT2D eigenvalue weighted by Crippen LogP contribution is 2.40. The molecule has 0 aliphatic rings. The molecule has 0 spiro atoms. The zero-order chi connectivity index (χ0) is 30.8. The molecule has 14 nitrogen and oxygen atoms in total. The number of halogens is 1. The Bertz CT molecular complexity index is 1550. The van der Waals surface area contributed by atoms with Crippen LogP contribution in [0.15, 0.2) is 75.4 Å². The summed E-state index contributed by atoms with van der Waals surface area (Å²) >= 11 is 3.07. The number of azo groups is 1. The number of hydrogen-bond acceptors (Lipinski definition) is 11. The van der Waals surface area contributed by atoms with Crippen LogP contribution >= 0.6 is 15.9 Å². The highest BCUT2D eigenvalue weighted by Gasteiger charge is 2.24. The van der Waals surface area contributed by atoms with E-state index in [4.69, 9.17) is 4.74 Å². The standard InChI is InChI=1S/C27H25BrN6O8.CH4/c1-3-32(12-11-26(37)42-16-25(36)18-7-5-4-6-8-18)19-9-10-22(23(14-19)29-17(2)35)30-31-27-21(28)13-20(33(38)39)15-24(27)34(40)41;/h4-10,13-15H,3,11-12,16H2,1-2H3,(H,29,35);1H4. The maximum absolute atomic E-state index is 12.3. The smallest absolute Gasteiger partial charge is 0.308 e. The number of nitrogens with one attached hydrogen (secondary N) is 1. The lowest BCUT2D eigenvalue weighted by Crippen LogP contribution is -2.27. The van der Waals surface area contributed by atoms with Crippen LogP contribution in [0.5, 0.6) is 0 Å². The molecular weight excluding hydrogens is 628 g/mol. The largest absolute Gasteiger partial charge is 0.457 e. The number of non-ortho nitro benzene ring substituents is 1. The third kappa shape index (κ3) is 9.49. The van der Waals surface area contributed by atoms with Crippen LogP contribution in [0.4, 0.5) is 34.1 Å². The summed E-state index contributed by atoms with van der Waals surface area (Å²) in [6.07, 6.45) is -0.00925. The predicted octanol–water partition coefficient (Wildman–Crippen LogP) is 6.92. The third-order valence-corrected chi connectivity index (χ3v) is 6.38. The zero-order valence-corrected chi connectivity index (χ0v) is 24.1. The van der Waals surface area contributed by atoms with Crippen LogP contribution < -0.4 is 10.2 Å². The number of Topliss-reactive ketones (excluding diaryl/α,β-unsaturated/α-hetero) is 1. The zero-order valence-electron chi connectivity index (χ0n) is 22.5. The van der Waals surface area contributed by atoms with Crippen molar-refractivity contribution >= 4 is 67.7 Å². The van der Waals surface area contributed by atoms with E-state index in [-0.39, 0.29) is 54.3 Å². The molecule has 1 N–H and O–H groups in total. The number of nitrogens with zero attached hydrogens (tertiary/aromatic N) is 5. The van der Waals surface area contributed by atoms with Crippen molar-refractivity contribution in [3.8, 4) is 0 Å². The first-order chi connectivity index (χ1) is 20.0. The van der Waals surface area contributed by atoms with Crippen molar-refractivity contribution in [1.82, 2.24) is 0 Å². The number of ketones is 1. The summed E-state index contributed by atoms with van der Waals surface area (Å²) in [6.45, 7) is 3.51. The molecule has 3 aromatic carbocycles. The minimum Gasteiger partial charge on any atom is -0.457 e. The molecule has 3 aromatic rings. The van der Waals surface area contributed by atoms with Gasteiger partial charge in [0.05, 0.1) is 32.5 Å². The fourth-order valence-corrected chi connectivity index (χ4v) is 4.25. The summed E-state index contributed by atoms with van der Waals surface area (Å²) in [5, 5.41) is 33.2. The molecule has 0 saturated carbocycles. The second kappa shape index (κ2) is 15.8. The van der Waals surface area contributed by atoms with Gasteiger partial charge in [-0.1, -0.05) is 37.8 Å². The number of carbonyl (C=O) groups is 3. The van der Waals surface area contributed by atoms with Crippen molar-refractivity contribution in [1.29, 1.82) is 0 Å². The van der Waals surface area contributed by atoms with Gasteiger partial charge in [-0.05, 0) is 41.1 Å². The van der Waals surface area contributed by atoms with E-state index >= 15 is 0 Å². The Morgan fingerprint density at radius 1 is 1.00 bits per heavy atom. The van der Waals surface area contributed by atoms with Crippen molar-refractivity contribution in [2.24, 2.45) is 10.2 Å².